The Morgan fingerprint density at radius 2 is 1.93 bits per heavy atom. The summed E-state index contributed by atoms with van der Waals surface area (Å²) in [6, 6.07) is 16.4. The number of furan rings is 1. The number of hydrogen-bond acceptors (Lipinski definition) is 3. The number of nitrogens with one attached hydrogen (secondary N) is 1. The van der Waals surface area contributed by atoms with E-state index in [-0.39, 0.29) is 18.5 Å². The minimum atomic E-state index is -0.133. The molecule has 3 aromatic rings. The molecule has 0 saturated heterocycles. The maximum absolute atomic E-state index is 12.8. The van der Waals surface area contributed by atoms with Gasteiger partial charge in [-0.2, -0.15) is 5.26 Å². The van der Waals surface area contributed by atoms with Gasteiger partial charge in [-0.1, -0.05) is 44.2 Å². The molecule has 1 atom stereocenters. The number of benzene rings is 1. The van der Waals surface area contributed by atoms with E-state index in [4.69, 9.17) is 4.42 Å². The number of hydrogen-bond donors (Lipinski definition) is 2. The zero-order valence-corrected chi connectivity index (χ0v) is 18.0. The lowest BCUT2D eigenvalue weighted by Gasteiger charge is -2.19. The maximum atomic E-state index is 12.8. The first-order valence-corrected chi connectivity index (χ1v) is 10.2. The number of amides is 1. The number of anilines is 1. The van der Waals surface area contributed by atoms with Gasteiger partial charge in [0.1, 0.15) is 23.7 Å². The van der Waals surface area contributed by atoms with Crippen LogP contribution in [0.15, 0.2) is 53.1 Å². The summed E-state index contributed by atoms with van der Waals surface area (Å²) in [6.07, 6.45) is 1.62. The van der Waals surface area contributed by atoms with Gasteiger partial charge in [0.15, 0.2) is 6.54 Å². The van der Waals surface area contributed by atoms with E-state index in [9.17, 15) is 10.1 Å². The van der Waals surface area contributed by atoms with E-state index in [0.29, 0.717) is 23.8 Å². The normalized spacial score (nSPS) is 12.0. The summed E-state index contributed by atoms with van der Waals surface area (Å²) < 4.78 is 7.40. The Morgan fingerprint density at radius 1 is 1.20 bits per heavy atom. The zero-order chi connectivity index (χ0) is 21.7. The van der Waals surface area contributed by atoms with E-state index < -0.39 is 0 Å². The molecule has 0 unspecified atom stereocenters. The number of carbonyl (C=O) groups is 1. The number of rotatable bonds is 8. The number of nitriles is 1. The number of nitrogens with two attached hydrogens (primary N) is 1. The van der Waals surface area contributed by atoms with Gasteiger partial charge in [-0.3, -0.25) is 4.79 Å². The monoisotopic (exact) mass is 405 g/mol. The van der Waals surface area contributed by atoms with Crippen molar-refractivity contribution in [1.29, 1.82) is 5.26 Å². The summed E-state index contributed by atoms with van der Waals surface area (Å²) in [5.74, 6) is 1.54. The lowest BCUT2D eigenvalue weighted by atomic mass is 9.96. The topological polar surface area (TPSA) is 87.6 Å². The van der Waals surface area contributed by atoms with Crippen molar-refractivity contribution in [3.63, 3.8) is 0 Å². The number of nitrogens with zero attached hydrogens (tertiary/aromatic N) is 2. The molecular formula is C24H29N4O2+. The average molecular weight is 406 g/mol. The van der Waals surface area contributed by atoms with Gasteiger partial charge in [0, 0.05) is 17.2 Å². The Kier molecular flexibility index (Phi) is 6.76. The minimum Gasteiger partial charge on any atom is -0.467 e. The van der Waals surface area contributed by atoms with Crippen LogP contribution in [0.2, 0.25) is 0 Å². The zero-order valence-electron chi connectivity index (χ0n) is 18.0. The summed E-state index contributed by atoms with van der Waals surface area (Å²) in [5, 5.41) is 14.7. The molecular weight excluding hydrogens is 376 g/mol. The third-order valence-electron chi connectivity index (χ3n) is 5.55. The average Bonchev–Trinajstić information content (AvgIpc) is 3.32. The maximum Gasteiger partial charge on any atom is 0.280 e. The second-order valence-electron chi connectivity index (χ2n) is 7.88. The Labute approximate surface area is 177 Å². The highest BCUT2D eigenvalue weighted by Gasteiger charge is 2.23. The van der Waals surface area contributed by atoms with E-state index in [1.807, 2.05) is 48.7 Å². The van der Waals surface area contributed by atoms with Crippen molar-refractivity contribution in [2.24, 2.45) is 5.92 Å². The van der Waals surface area contributed by atoms with Crippen LogP contribution < -0.4 is 10.6 Å². The van der Waals surface area contributed by atoms with Gasteiger partial charge in [-0.15, -0.1) is 0 Å². The van der Waals surface area contributed by atoms with Crippen LogP contribution in [0.25, 0.3) is 0 Å². The van der Waals surface area contributed by atoms with Crippen LogP contribution in [0.3, 0.4) is 0 Å². The molecule has 6 nitrogen and oxygen atoms in total. The predicted octanol–water partition coefficient (Wildman–Crippen LogP) is 3.52. The predicted molar refractivity (Wildman–Crippen MR) is 116 cm³/mol. The smallest absolute Gasteiger partial charge is 0.280 e. The number of carbonyl (C=O) groups excluding carboxylic acids is 1. The van der Waals surface area contributed by atoms with Crippen molar-refractivity contribution in [3.8, 4) is 6.07 Å². The molecule has 0 aliphatic rings. The molecule has 0 radical (unpaired) electrons. The minimum absolute atomic E-state index is 0.133. The summed E-state index contributed by atoms with van der Waals surface area (Å²) in [6.45, 7) is 8.89. The van der Waals surface area contributed by atoms with Crippen LogP contribution in [-0.4, -0.2) is 17.0 Å². The number of quaternary nitrogens is 1. The molecule has 0 saturated carbocycles. The summed E-state index contributed by atoms with van der Waals surface area (Å²) in [7, 11) is 0. The van der Waals surface area contributed by atoms with E-state index in [0.717, 1.165) is 17.0 Å². The van der Waals surface area contributed by atoms with E-state index in [1.165, 1.54) is 5.56 Å². The molecule has 6 heteroatoms. The van der Waals surface area contributed by atoms with Crippen molar-refractivity contribution < 1.29 is 14.5 Å². The van der Waals surface area contributed by atoms with Gasteiger partial charge in [0.05, 0.1) is 18.4 Å². The molecule has 156 valence electrons. The van der Waals surface area contributed by atoms with Crippen molar-refractivity contribution >= 4 is 11.7 Å². The third-order valence-corrected chi connectivity index (χ3v) is 5.55. The molecule has 0 fully saturated rings. The van der Waals surface area contributed by atoms with Crippen LogP contribution in [0.5, 0.6) is 0 Å². The molecule has 2 aromatic heterocycles. The van der Waals surface area contributed by atoms with Gasteiger partial charge in [-0.05, 0) is 31.5 Å². The van der Waals surface area contributed by atoms with E-state index in [2.05, 4.69) is 42.7 Å². The highest BCUT2D eigenvalue weighted by molar-refractivity contribution is 5.92. The second-order valence-corrected chi connectivity index (χ2v) is 7.88. The van der Waals surface area contributed by atoms with Gasteiger partial charge < -0.3 is 19.6 Å². The van der Waals surface area contributed by atoms with E-state index >= 15 is 0 Å². The van der Waals surface area contributed by atoms with Crippen LogP contribution in [0, 0.1) is 31.1 Å². The standard InChI is InChI=1S/C24H28N4O2/c1-16(2)23(19-9-6-5-7-10-19)26-14-22(29)27-24-21(13-25)17(3)18(4)28(24)15-20-11-8-12-30-20/h5-12,16,23,26H,14-15H2,1-4H3,(H,27,29)/p+1/t23-/m0/s1. The highest BCUT2D eigenvalue weighted by Crippen LogP contribution is 2.27. The quantitative estimate of drug-likeness (QED) is 0.601. The molecule has 0 aliphatic carbocycles. The first kappa shape index (κ1) is 21.4. The summed E-state index contributed by atoms with van der Waals surface area (Å²) in [5.41, 5.74) is 3.50. The molecule has 1 aromatic carbocycles. The van der Waals surface area contributed by atoms with Crippen molar-refractivity contribution in [2.45, 2.75) is 40.3 Å². The van der Waals surface area contributed by atoms with Crippen molar-refractivity contribution in [1.82, 2.24) is 4.57 Å². The van der Waals surface area contributed by atoms with Crippen LogP contribution in [0.4, 0.5) is 5.82 Å². The molecule has 2 heterocycles. The van der Waals surface area contributed by atoms with Crippen LogP contribution in [-0.2, 0) is 11.3 Å². The summed E-state index contributed by atoms with van der Waals surface area (Å²) in [4.78, 5) is 12.8. The lowest BCUT2D eigenvalue weighted by Crippen LogP contribution is -2.88. The fourth-order valence-electron chi connectivity index (χ4n) is 3.77. The second kappa shape index (κ2) is 9.47. The molecule has 1 amide bonds. The Balaban J connectivity index is 1.77. The molecule has 3 N–H and O–H groups in total. The first-order chi connectivity index (χ1) is 14.4. The Morgan fingerprint density at radius 3 is 2.53 bits per heavy atom. The lowest BCUT2D eigenvalue weighted by molar-refractivity contribution is -0.692. The van der Waals surface area contributed by atoms with Crippen LogP contribution in [0.1, 0.15) is 48.0 Å². The Bertz CT molecular complexity index is 1030. The number of aromatic nitrogens is 1. The van der Waals surface area contributed by atoms with Gasteiger partial charge in [0.2, 0.25) is 0 Å². The molecule has 3 rings (SSSR count). The van der Waals surface area contributed by atoms with Gasteiger partial charge >= 0.3 is 0 Å². The van der Waals surface area contributed by atoms with E-state index in [1.54, 1.807) is 6.26 Å². The largest absolute Gasteiger partial charge is 0.467 e. The fourth-order valence-corrected chi connectivity index (χ4v) is 3.77. The summed E-state index contributed by atoms with van der Waals surface area (Å²) >= 11 is 0. The fraction of sp³-hybridized carbons (Fsp3) is 0.333. The van der Waals surface area contributed by atoms with Gasteiger partial charge in [-0.25, -0.2) is 0 Å². The Hall–Kier alpha value is -3.30. The highest BCUT2D eigenvalue weighted by atomic mass is 16.3. The van der Waals surface area contributed by atoms with Crippen molar-refractivity contribution in [2.75, 3.05) is 11.9 Å². The molecule has 0 bridgehead atoms. The SMILES string of the molecule is Cc1c(C#N)c(NC(=O)C[NH2+][C@H](c2ccccc2)C(C)C)n(Cc2ccco2)c1C. The molecule has 0 spiro atoms. The third kappa shape index (κ3) is 4.64. The molecule has 30 heavy (non-hydrogen) atoms. The molecule has 0 aliphatic heterocycles. The first-order valence-electron chi connectivity index (χ1n) is 10.2. The van der Waals surface area contributed by atoms with Crippen molar-refractivity contribution in [3.05, 3.63) is 76.9 Å². The van der Waals surface area contributed by atoms with Crippen LogP contribution >= 0.6 is 0 Å². The van der Waals surface area contributed by atoms with Gasteiger partial charge in [0.25, 0.3) is 5.91 Å².